The lowest BCUT2D eigenvalue weighted by atomic mass is 10.1. The number of methoxy groups -OCH3 is 1. The second-order valence-electron chi connectivity index (χ2n) is 7.05. The Kier molecular flexibility index (Phi) is 7.31. The van der Waals surface area contributed by atoms with Crippen molar-refractivity contribution in [1.82, 2.24) is 15.1 Å². The predicted octanol–water partition coefficient (Wildman–Crippen LogP) is 3.42. The standard InChI is InChI=1S/C22H28ClN3O2/c1-3-25-10-12-26(13-11-25)16-18-6-4-17(5-7-18)15-24-22(27)20-14-19(23)8-9-21(20)28-2/h4-9,14H,3,10-13,15-16H2,1-2H3,(H,24,27). The second-order valence-corrected chi connectivity index (χ2v) is 7.49. The first-order valence-corrected chi connectivity index (χ1v) is 10.1. The highest BCUT2D eigenvalue weighted by Gasteiger charge is 2.16. The van der Waals surface area contributed by atoms with Crippen LogP contribution in [0.3, 0.4) is 0 Å². The lowest BCUT2D eigenvalue weighted by molar-refractivity contribution is 0.0948. The first-order valence-electron chi connectivity index (χ1n) is 9.73. The third-order valence-electron chi connectivity index (χ3n) is 5.20. The zero-order chi connectivity index (χ0) is 19.9. The summed E-state index contributed by atoms with van der Waals surface area (Å²) < 4.78 is 5.25. The third kappa shape index (κ3) is 5.47. The Balaban J connectivity index is 1.52. The first-order chi connectivity index (χ1) is 13.6. The molecule has 0 aromatic heterocycles. The van der Waals surface area contributed by atoms with Crippen LogP contribution < -0.4 is 10.1 Å². The molecule has 0 aliphatic carbocycles. The van der Waals surface area contributed by atoms with Gasteiger partial charge in [-0.05, 0) is 35.9 Å². The van der Waals surface area contributed by atoms with Gasteiger partial charge in [0.2, 0.25) is 0 Å². The molecule has 1 heterocycles. The van der Waals surface area contributed by atoms with Crippen molar-refractivity contribution in [2.45, 2.75) is 20.0 Å². The van der Waals surface area contributed by atoms with Gasteiger partial charge in [-0.2, -0.15) is 0 Å². The van der Waals surface area contributed by atoms with Gasteiger partial charge in [-0.3, -0.25) is 9.69 Å². The summed E-state index contributed by atoms with van der Waals surface area (Å²) in [6, 6.07) is 13.5. The molecule has 0 atom stereocenters. The number of benzene rings is 2. The minimum atomic E-state index is -0.197. The van der Waals surface area contributed by atoms with Crippen LogP contribution in [-0.4, -0.2) is 55.5 Å². The smallest absolute Gasteiger partial charge is 0.255 e. The van der Waals surface area contributed by atoms with Crippen molar-refractivity contribution < 1.29 is 9.53 Å². The quantitative estimate of drug-likeness (QED) is 0.772. The highest BCUT2D eigenvalue weighted by atomic mass is 35.5. The lowest BCUT2D eigenvalue weighted by Gasteiger charge is -2.34. The van der Waals surface area contributed by atoms with Gasteiger partial charge in [-0.25, -0.2) is 0 Å². The van der Waals surface area contributed by atoms with E-state index in [2.05, 4.69) is 46.3 Å². The van der Waals surface area contributed by atoms with Crippen LogP contribution in [0.1, 0.15) is 28.4 Å². The minimum Gasteiger partial charge on any atom is -0.496 e. The Bertz CT molecular complexity index is 787. The molecule has 1 fully saturated rings. The van der Waals surface area contributed by atoms with Crippen molar-refractivity contribution in [3.63, 3.8) is 0 Å². The molecule has 3 rings (SSSR count). The molecular weight excluding hydrogens is 374 g/mol. The first kappa shape index (κ1) is 20.6. The van der Waals surface area contributed by atoms with E-state index in [9.17, 15) is 4.79 Å². The summed E-state index contributed by atoms with van der Waals surface area (Å²) in [4.78, 5) is 17.4. The van der Waals surface area contributed by atoms with E-state index in [1.807, 2.05) is 0 Å². The van der Waals surface area contributed by atoms with Crippen LogP contribution in [0.2, 0.25) is 5.02 Å². The van der Waals surface area contributed by atoms with Crippen molar-refractivity contribution in [3.8, 4) is 5.75 Å². The highest BCUT2D eigenvalue weighted by molar-refractivity contribution is 6.31. The number of amides is 1. The molecule has 0 spiro atoms. The summed E-state index contributed by atoms with van der Waals surface area (Å²) in [5, 5.41) is 3.45. The molecule has 2 aromatic carbocycles. The molecule has 28 heavy (non-hydrogen) atoms. The van der Waals surface area contributed by atoms with E-state index >= 15 is 0 Å². The maximum atomic E-state index is 12.5. The molecule has 5 nitrogen and oxygen atoms in total. The molecule has 1 N–H and O–H groups in total. The molecule has 2 aromatic rings. The van der Waals surface area contributed by atoms with E-state index < -0.39 is 0 Å². The summed E-state index contributed by atoms with van der Waals surface area (Å²) in [7, 11) is 1.54. The van der Waals surface area contributed by atoms with E-state index in [1.54, 1.807) is 25.3 Å². The van der Waals surface area contributed by atoms with Gasteiger partial charge in [0.15, 0.2) is 0 Å². The van der Waals surface area contributed by atoms with E-state index in [1.165, 1.54) is 5.56 Å². The van der Waals surface area contributed by atoms with Crippen LogP contribution in [-0.2, 0) is 13.1 Å². The van der Waals surface area contributed by atoms with Crippen LogP contribution in [0, 0.1) is 0 Å². The fourth-order valence-electron chi connectivity index (χ4n) is 3.42. The maximum Gasteiger partial charge on any atom is 0.255 e. The van der Waals surface area contributed by atoms with E-state index in [-0.39, 0.29) is 5.91 Å². The number of halogens is 1. The minimum absolute atomic E-state index is 0.197. The zero-order valence-corrected chi connectivity index (χ0v) is 17.3. The Morgan fingerprint density at radius 2 is 1.68 bits per heavy atom. The van der Waals surface area contributed by atoms with Gasteiger partial charge in [-0.1, -0.05) is 42.8 Å². The number of carbonyl (C=O) groups is 1. The molecule has 1 saturated heterocycles. The highest BCUT2D eigenvalue weighted by Crippen LogP contribution is 2.22. The Hall–Kier alpha value is -2.08. The fourth-order valence-corrected chi connectivity index (χ4v) is 3.59. The number of carbonyl (C=O) groups excluding carboxylic acids is 1. The van der Waals surface area contributed by atoms with Crippen LogP contribution in [0.4, 0.5) is 0 Å². The number of hydrogen-bond donors (Lipinski definition) is 1. The summed E-state index contributed by atoms with van der Waals surface area (Å²) in [5.41, 5.74) is 2.81. The van der Waals surface area contributed by atoms with Gasteiger partial charge < -0.3 is 15.0 Å². The van der Waals surface area contributed by atoms with Gasteiger partial charge >= 0.3 is 0 Å². The molecule has 0 unspecified atom stereocenters. The van der Waals surface area contributed by atoms with Crippen molar-refractivity contribution in [3.05, 3.63) is 64.2 Å². The van der Waals surface area contributed by atoms with Crippen LogP contribution in [0.25, 0.3) is 0 Å². The summed E-state index contributed by atoms with van der Waals surface area (Å²) in [5.74, 6) is 0.317. The van der Waals surface area contributed by atoms with Crippen LogP contribution in [0.15, 0.2) is 42.5 Å². The Labute approximate surface area is 172 Å². The molecule has 6 heteroatoms. The predicted molar refractivity (Wildman–Crippen MR) is 113 cm³/mol. The number of ether oxygens (including phenoxy) is 1. The van der Waals surface area contributed by atoms with Crippen molar-refractivity contribution in [2.75, 3.05) is 39.8 Å². The van der Waals surface area contributed by atoms with Gasteiger partial charge in [0.05, 0.1) is 12.7 Å². The fraction of sp³-hybridized carbons (Fsp3) is 0.409. The number of likely N-dealkylation sites (N-methyl/N-ethyl adjacent to an activating group) is 1. The number of nitrogens with zero attached hydrogens (tertiary/aromatic N) is 2. The van der Waals surface area contributed by atoms with E-state index in [0.29, 0.717) is 22.9 Å². The van der Waals surface area contributed by atoms with Crippen LogP contribution >= 0.6 is 11.6 Å². The molecule has 0 bridgehead atoms. The largest absolute Gasteiger partial charge is 0.496 e. The number of nitrogens with one attached hydrogen (secondary N) is 1. The molecule has 0 radical (unpaired) electrons. The summed E-state index contributed by atoms with van der Waals surface area (Å²) in [6.45, 7) is 9.32. The molecular formula is C22H28ClN3O2. The normalized spacial score (nSPS) is 15.4. The molecule has 150 valence electrons. The third-order valence-corrected chi connectivity index (χ3v) is 5.44. The van der Waals surface area contributed by atoms with Gasteiger partial charge in [0, 0.05) is 44.3 Å². The average Bonchev–Trinajstić information content (AvgIpc) is 2.73. The number of piperazine rings is 1. The zero-order valence-electron chi connectivity index (χ0n) is 16.6. The van der Waals surface area contributed by atoms with Crippen molar-refractivity contribution in [1.29, 1.82) is 0 Å². The summed E-state index contributed by atoms with van der Waals surface area (Å²) >= 11 is 6.01. The van der Waals surface area contributed by atoms with Crippen molar-refractivity contribution >= 4 is 17.5 Å². The van der Waals surface area contributed by atoms with Crippen molar-refractivity contribution in [2.24, 2.45) is 0 Å². The molecule has 1 amide bonds. The summed E-state index contributed by atoms with van der Waals surface area (Å²) in [6.07, 6.45) is 0. The molecule has 1 aliphatic rings. The van der Waals surface area contributed by atoms with Crippen LogP contribution in [0.5, 0.6) is 5.75 Å². The molecule has 1 aliphatic heterocycles. The van der Waals surface area contributed by atoms with E-state index in [4.69, 9.17) is 16.3 Å². The Morgan fingerprint density at radius 3 is 2.32 bits per heavy atom. The Morgan fingerprint density at radius 1 is 1.04 bits per heavy atom. The molecule has 0 saturated carbocycles. The SMILES string of the molecule is CCN1CCN(Cc2ccc(CNC(=O)c3cc(Cl)ccc3OC)cc2)CC1. The van der Waals surface area contributed by atoms with Gasteiger partial charge in [0.25, 0.3) is 5.91 Å². The average molecular weight is 402 g/mol. The number of rotatable bonds is 7. The van der Waals surface area contributed by atoms with Gasteiger partial charge in [0.1, 0.15) is 5.75 Å². The van der Waals surface area contributed by atoms with E-state index in [0.717, 1.165) is 44.8 Å². The maximum absolute atomic E-state index is 12.5. The monoisotopic (exact) mass is 401 g/mol. The topological polar surface area (TPSA) is 44.8 Å². The van der Waals surface area contributed by atoms with Gasteiger partial charge in [-0.15, -0.1) is 0 Å². The number of hydrogen-bond acceptors (Lipinski definition) is 4. The second kappa shape index (κ2) is 9.92. The lowest BCUT2D eigenvalue weighted by Crippen LogP contribution is -2.45.